The number of carbonyl (C=O) groups is 1. The minimum atomic E-state index is -4.44. The molecule has 2 aliphatic rings. The zero-order valence-electron chi connectivity index (χ0n) is 14.0. The van der Waals surface area contributed by atoms with Gasteiger partial charge in [-0.2, -0.15) is 13.2 Å². The van der Waals surface area contributed by atoms with Gasteiger partial charge in [-0.15, -0.1) is 0 Å². The molecular weight excluding hydrogens is 343 g/mol. The minimum absolute atomic E-state index is 0.135. The largest absolute Gasteiger partial charge is 0.416 e. The van der Waals surface area contributed by atoms with Crippen molar-refractivity contribution in [2.75, 3.05) is 28.2 Å². The second kappa shape index (κ2) is 6.23. The summed E-state index contributed by atoms with van der Waals surface area (Å²) < 4.78 is 38.6. The molecule has 1 fully saturated rings. The van der Waals surface area contributed by atoms with Crippen molar-refractivity contribution < 1.29 is 18.0 Å². The maximum Gasteiger partial charge on any atom is 0.416 e. The number of urea groups is 1. The monoisotopic (exact) mass is 361 g/mol. The third-order valence-electron chi connectivity index (χ3n) is 4.94. The molecule has 0 aromatic heterocycles. The Morgan fingerprint density at radius 3 is 2.62 bits per heavy atom. The molecule has 1 saturated heterocycles. The van der Waals surface area contributed by atoms with Crippen LogP contribution in [0.5, 0.6) is 0 Å². The minimum Gasteiger partial charge on any atom is -0.365 e. The SMILES string of the molecule is O=C(Nc1cccc(C(F)(F)F)c1)N1CC2CCCN2c2ccccc21. The molecule has 0 saturated carbocycles. The van der Waals surface area contributed by atoms with Gasteiger partial charge in [-0.3, -0.25) is 4.90 Å². The lowest BCUT2D eigenvalue weighted by molar-refractivity contribution is -0.137. The van der Waals surface area contributed by atoms with E-state index in [1.165, 1.54) is 12.1 Å². The number of halogens is 3. The Labute approximate surface area is 149 Å². The van der Waals surface area contributed by atoms with Crippen LogP contribution >= 0.6 is 0 Å². The van der Waals surface area contributed by atoms with E-state index in [4.69, 9.17) is 0 Å². The fourth-order valence-corrected chi connectivity index (χ4v) is 3.74. The first-order valence-electron chi connectivity index (χ1n) is 8.55. The van der Waals surface area contributed by atoms with E-state index < -0.39 is 17.8 Å². The fourth-order valence-electron chi connectivity index (χ4n) is 3.74. The lowest BCUT2D eigenvalue weighted by Gasteiger charge is -2.40. The van der Waals surface area contributed by atoms with E-state index in [-0.39, 0.29) is 11.7 Å². The van der Waals surface area contributed by atoms with Crippen molar-refractivity contribution in [3.63, 3.8) is 0 Å². The summed E-state index contributed by atoms with van der Waals surface area (Å²) in [6.45, 7) is 1.49. The Balaban J connectivity index is 1.60. The highest BCUT2D eigenvalue weighted by atomic mass is 19.4. The molecule has 2 aromatic rings. The number of rotatable bonds is 1. The number of anilines is 3. The van der Waals surface area contributed by atoms with Crippen LogP contribution in [0.15, 0.2) is 48.5 Å². The van der Waals surface area contributed by atoms with E-state index in [1.807, 2.05) is 24.3 Å². The third-order valence-corrected chi connectivity index (χ3v) is 4.94. The van der Waals surface area contributed by atoms with Crippen LogP contribution in [-0.4, -0.2) is 25.2 Å². The van der Waals surface area contributed by atoms with Gasteiger partial charge in [0.05, 0.1) is 16.9 Å². The van der Waals surface area contributed by atoms with E-state index in [9.17, 15) is 18.0 Å². The van der Waals surface area contributed by atoms with E-state index in [2.05, 4.69) is 10.2 Å². The molecule has 4 nitrogen and oxygen atoms in total. The Morgan fingerprint density at radius 1 is 1.08 bits per heavy atom. The van der Waals surface area contributed by atoms with Gasteiger partial charge in [-0.25, -0.2) is 4.79 Å². The van der Waals surface area contributed by atoms with Crippen molar-refractivity contribution in [2.45, 2.75) is 25.1 Å². The molecule has 1 N–H and O–H groups in total. The highest BCUT2D eigenvalue weighted by molar-refractivity contribution is 6.04. The normalized spacial score (nSPS) is 19.1. The molecule has 4 rings (SSSR count). The van der Waals surface area contributed by atoms with Crippen LogP contribution in [0.25, 0.3) is 0 Å². The number of carbonyl (C=O) groups excluding carboxylic acids is 1. The number of hydrogen-bond donors (Lipinski definition) is 1. The fraction of sp³-hybridized carbons (Fsp3) is 0.316. The van der Waals surface area contributed by atoms with Gasteiger partial charge in [-0.1, -0.05) is 18.2 Å². The molecule has 2 heterocycles. The van der Waals surface area contributed by atoms with Crippen molar-refractivity contribution in [1.82, 2.24) is 0 Å². The Hall–Kier alpha value is -2.70. The summed E-state index contributed by atoms with van der Waals surface area (Å²) in [6, 6.07) is 12.2. The summed E-state index contributed by atoms with van der Waals surface area (Å²) in [4.78, 5) is 16.7. The average molecular weight is 361 g/mol. The van der Waals surface area contributed by atoms with Gasteiger partial charge in [0.25, 0.3) is 0 Å². The summed E-state index contributed by atoms with van der Waals surface area (Å²) in [5.74, 6) is 0. The Morgan fingerprint density at radius 2 is 1.85 bits per heavy atom. The van der Waals surface area contributed by atoms with Crippen molar-refractivity contribution >= 4 is 23.1 Å². The molecule has 2 amide bonds. The Bertz CT molecular complexity index is 837. The summed E-state index contributed by atoms with van der Waals surface area (Å²) in [7, 11) is 0. The Kier molecular flexibility index (Phi) is 4.01. The van der Waals surface area contributed by atoms with Crippen LogP contribution in [0.2, 0.25) is 0 Å². The maximum atomic E-state index is 12.9. The predicted molar refractivity (Wildman–Crippen MR) is 94.6 cm³/mol. The van der Waals surface area contributed by atoms with Gasteiger partial charge in [0.2, 0.25) is 0 Å². The van der Waals surface area contributed by atoms with Gasteiger partial charge in [-0.05, 0) is 43.2 Å². The van der Waals surface area contributed by atoms with E-state index in [0.717, 1.165) is 42.9 Å². The molecule has 1 atom stereocenters. The molecule has 7 heteroatoms. The highest BCUT2D eigenvalue weighted by Gasteiger charge is 2.36. The van der Waals surface area contributed by atoms with Crippen molar-refractivity contribution in [1.29, 1.82) is 0 Å². The number of fused-ring (bicyclic) bond motifs is 3. The molecule has 0 bridgehead atoms. The highest BCUT2D eigenvalue weighted by Crippen LogP contribution is 2.39. The van der Waals surface area contributed by atoms with Gasteiger partial charge in [0.15, 0.2) is 0 Å². The van der Waals surface area contributed by atoms with Gasteiger partial charge >= 0.3 is 12.2 Å². The first-order chi connectivity index (χ1) is 12.4. The zero-order chi connectivity index (χ0) is 18.3. The molecule has 2 aromatic carbocycles. The van der Waals surface area contributed by atoms with Crippen molar-refractivity contribution in [3.8, 4) is 0 Å². The molecular formula is C19H18F3N3O. The lowest BCUT2D eigenvalue weighted by atomic mass is 10.1. The number of hydrogen-bond acceptors (Lipinski definition) is 2. The topological polar surface area (TPSA) is 35.6 Å². The summed E-state index contributed by atoms with van der Waals surface area (Å²) >= 11 is 0. The number of para-hydroxylation sites is 2. The van der Waals surface area contributed by atoms with Gasteiger partial charge in [0.1, 0.15) is 0 Å². The molecule has 0 aliphatic carbocycles. The smallest absolute Gasteiger partial charge is 0.365 e. The number of alkyl halides is 3. The number of nitrogens with one attached hydrogen (secondary N) is 1. The second-order valence-corrected chi connectivity index (χ2v) is 6.60. The van der Waals surface area contributed by atoms with Crippen LogP contribution in [-0.2, 0) is 6.18 Å². The number of nitrogens with zero attached hydrogens (tertiary/aromatic N) is 2. The van der Waals surface area contributed by atoms with Crippen LogP contribution in [0.4, 0.5) is 35.0 Å². The molecule has 1 unspecified atom stereocenters. The molecule has 0 spiro atoms. The second-order valence-electron chi connectivity index (χ2n) is 6.60. The van der Waals surface area contributed by atoms with Crippen LogP contribution in [0.1, 0.15) is 18.4 Å². The van der Waals surface area contributed by atoms with E-state index in [1.54, 1.807) is 4.90 Å². The average Bonchev–Trinajstić information content (AvgIpc) is 3.09. The van der Waals surface area contributed by atoms with Crippen molar-refractivity contribution in [2.24, 2.45) is 0 Å². The molecule has 0 radical (unpaired) electrons. The van der Waals surface area contributed by atoms with Crippen molar-refractivity contribution in [3.05, 3.63) is 54.1 Å². The maximum absolute atomic E-state index is 12.9. The first kappa shape index (κ1) is 16.8. The first-order valence-corrected chi connectivity index (χ1v) is 8.55. The van der Waals surface area contributed by atoms with Gasteiger partial charge in [0, 0.05) is 24.8 Å². The number of benzene rings is 2. The lowest BCUT2D eigenvalue weighted by Crippen LogP contribution is -2.49. The van der Waals surface area contributed by atoms with Crippen LogP contribution < -0.4 is 15.1 Å². The third kappa shape index (κ3) is 2.98. The van der Waals surface area contributed by atoms with Crippen LogP contribution in [0.3, 0.4) is 0 Å². The molecule has 136 valence electrons. The quantitative estimate of drug-likeness (QED) is 0.797. The predicted octanol–water partition coefficient (Wildman–Crippen LogP) is 4.73. The zero-order valence-corrected chi connectivity index (χ0v) is 14.0. The standard InChI is InChI=1S/C19H18F3N3O/c20-19(21,22)13-5-3-6-14(11-13)23-18(26)25-12-15-7-4-10-24(15)16-8-1-2-9-17(16)25/h1-3,5-6,8-9,11,15H,4,7,10,12H2,(H,23,26). The van der Waals surface area contributed by atoms with E-state index in [0.29, 0.717) is 6.54 Å². The summed E-state index contributed by atoms with van der Waals surface area (Å²) in [5.41, 5.74) is 1.14. The molecule has 26 heavy (non-hydrogen) atoms. The van der Waals surface area contributed by atoms with E-state index >= 15 is 0 Å². The number of amides is 2. The molecule has 2 aliphatic heterocycles. The van der Waals surface area contributed by atoms with Gasteiger partial charge < -0.3 is 10.2 Å². The summed E-state index contributed by atoms with van der Waals surface area (Å²) in [5, 5.41) is 2.61. The summed E-state index contributed by atoms with van der Waals surface area (Å²) in [6.07, 6.45) is -2.37. The van der Waals surface area contributed by atoms with Crippen LogP contribution in [0, 0.1) is 0 Å².